The maximum atomic E-state index is 14.3. The molecule has 1 saturated heterocycles. The Morgan fingerprint density at radius 1 is 1.00 bits per heavy atom. The summed E-state index contributed by atoms with van der Waals surface area (Å²) >= 11 is 0. The number of para-hydroxylation sites is 1. The van der Waals surface area contributed by atoms with E-state index in [1.807, 2.05) is 24.4 Å². The number of nitrogens with zero attached hydrogens (tertiary/aromatic N) is 3. The summed E-state index contributed by atoms with van der Waals surface area (Å²) in [4.78, 5) is 4.48. The van der Waals surface area contributed by atoms with Gasteiger partial charge in [0.2, 0.25) is 12.5 Å². The number of rotatable bonds is 4. The molecule has 39 heavy (non-hydrogen) atoms. The average Bonchev–Trinajstić information content (AvgIpc) is 3.41. The van der Waals surface area contributed by atoms with E-state index < -0.39 is 0 Å². The molecule has 1 fully saturated rings. The largest absolute Gasteiger partial charge is 1.00 e. The number of pyridine rings is 1. The Kier molecular flexibility index (Phi) is 6.61. The van der Waals surface area contributed by atoms with E-state index in [-0.39, 0.29) is 30.8 Å². The second-order valence-corrected chi connectivity index (χ2v) is 10.1. The lowest BCUT2D eigenvalue weighted by Gasteiger charge is -2.36. The van der Waals surface area contributed by atoms with Crippen molar-refractivity contribution in [3.63, 3.8) is 0 Å². The van der Waals surface area contributed by atoms with Crippen molar-refractivity contribution >= 4 is 16.5 Å². The molecular weight excluding hydrogens is 521 g/mol. The fourth-order valence-corrected chi connectivity index (χ4v) is 5.95. The van der Waals surface area contributed by atoms with Crippen molar-refractivity contribution in [2.24, 2.45) is 0 Å². The Bertz CT molecular complexity index is 1570. The van der Waals surface area contributed by atoms with Gasteiger partial charge >= 0.3 is 0 Å². The van der Waals surface area contributed by atoms with E-state index in [2.05, 4.69) is 32.6 Å². The van der Waals surface area contributed by atoms with Gasteiger partial charge in [0.25, 0.3) is 0 Å². The smallest absolute Gasteiger partial charge is 0.231 e. The first-order valence-electron chi connectivity index (χ1n) is 13.0. The maximum absolute atomic E-state index is 14.3. The third kappa shape index (κ3) is 4.37. The van der Waals surface area contributed by atoms with Gasteiger partial charge in [-0.25, -0.2) is 4.39 Å². The number of halogens is 2. The first-order valence-corrected chi connectivity index (χ1v) is 13.0. The molecule has 7 nitrogen and oxygen atoms in total. The molecule has 0 bridgehead atoms. The van der Waals surface area contributed by atoms with E-state index in [1.165, 1.54) is 11.6 Å². The number of aromatic nitrogens is 1. The number of benzene rings is 3. The van der Waals surface area contributed by atoms with Crippen molar-refractivity contribution in [3.8, 4) is 34.3 Å². The number of piperazine rings is 1. The van der Waals surface area contributed by atoms with Gasteiger partial charge in [-0.1, -0.05) is 12.1 Å². The molecule has 0 amide bonds. The van der Waals surface area contributed by atoms with Crippen LogP contribution in [0.3, 0.4) is 0 Å². The summed E-state index contributed by atoms with van der Waals surface area (Å²) in [5.41, 5.74) is 5.20. The van der Waals surface area contributed by atoms with E-state index in [1.54, 1.807) is 13.2 Å². The van der Waals surface area contributed by atoms with Crippen LogP contribution in [0, 0.1) is 5.82 Å². The topological polar surface area (TPSA) is 58.3 Å². The van der Waals surface area contributed by atoms with Gasteiger partial charge in [-0.15, -0.1) is 0 Å². The summed E-state index contributed by atoms with van der Waals surface area (Å²) in [6.07, 6.45) is 2.91. The molecule has 0 atom stereocenters. The third-order valence-electron chi connectivity index (χ3n) is 7.98. The molecule has 3 aromatic carbocycles. The van der Waals surface area contributed by atoms with Gasteiger partial charge in [-0.3, -0.25) is 4.90 Å². The zero-order valence-electron chi connectivity index (χ0n) is 21.6. The number of methoxy groups -OCH3 is 1. The lowest BCUT2D eigenvalue weighted by molar-refractivity contribution is -0.686. The highest BCUT2D eigenvalue weighted by Gasteiger charge is 2.30. The van der Waals surface area contributed by atoms with E-state index in [0.717, 1.165) is 78.2 Å². The summed E-state index contributed by atoms with van der Waals surface area (Å²) in [5, 5.41) is 12.8. The van der Waals surface area contributed by atoms with Crippen molar-refractivity contribution in [1.29, 1.82) is 0 Å². The fraction of sp³-hybridized carbons (Fsp3) is 0.300. The van der Waals surface area contributed by atoms with Crippen molar-refractivity contribution in [3.05, 3.63) is 71.7 Å². The molecule has 202 valence electrons. The summed E-state index contributed by atoms with van der Waals surface area (Å²) < 4.78 is 33.4. The standard InChI is InChI=1S/C30H28FN3O4.ClH/c1-36-29-13-20(16-32-8-10-33(11-9-32)25-5-3-2-4-24(25)31)21-14-26-22-15-28-27(37-18-38-28)12-19(22)6-7-34(26)17-23(21)30(29)35;/h2-5,12-15,17H,6-11,16,18H2,1H3;1H. The van der Waals surface area contributed by atoms with Crippen LogP contribution in [-0.2, 0) is 19.5 Å². The molecule has 4 heterocycles. The van der Waals surface area contributed by atoms with Gasteiger partial charge in [-0.05, 0) is 41.5 Å². The van der Waals surface area contributed by atoms with Gasteiger partial charge in [0, 0.05) is 50.6 Å². The number of hydrogen-bond donors (Lipinski definition) is 1. The zero-order valence-corrected chi connectivity index (χ0v) is 22.4. The minimum atomic E-state index is -0.180. The number of hydrogen-bond acceptors (Lipinski definition) is 6. The van der Waals surface area contributed by atoms with E-state index >= 15 is 0 Å². The monoisotopic (exact) mass is 549 g/mol. The predicted octanol–water partition coefficient (Wildman–Crippen LogP) is 1.26. The van der Waals surface area contributed by atoms with Gasteiger partial charge in [0.05, 0.1) is 23.7 Å². The molecule has 0 radical (unpaired) electrons. The van der Waals surface area contributed by atoms with E-state index in [9.17, 15) is 9.50 Å². The fourth-order valence-electron chi connectivity index (χ4n) is 5.95. The highest BCUT2D eigenvalue weighted by molar-refractivity contribution is 5.94. The number of aryl methyl sites for hydroxylation is 2. The summed E-state index contributed by atoms with van der Waals surface area (Å²) in [6.45, 7) is 4.88. The Labute approximate surface area is 232 Å². The first kappa shape index (κ1) is 25.5. The number of fused-ring (bicyclic) bond motifs is 5. The Balaban J connectivity index is 0.00000277. The first-order chi connectivity index (χ1) is 18.6. The molecule has 0 unspecified atom stereocenters. The number of ether oxygens (including phenoxy) is 3. The minimum absolute atomic E-state index is 0. The lowest BCUT2D eigenvalue weighted by atomic mass is 9.94. The second-order valence-electron chi connectivity index (χ2n) is 10.1. The van der Waals surface area contributed by atoms with Gasteiger partial charge in [-0.2, -0.15) is 4.57 Å². The van der Waals surface area contributed by atoms with E-state index in [0.29, 0.717) is 18.0 Å². The quantitative estimate of drug-likeness (QED) is 0.387. The van der Waals surface area contributed by atoms with E-state index in [4.69, 9.17) is 14.2 Å². The molecule has 1 N–H and O–H groups in total. The maximum Gasteiger partial charge on any atom is 0.231 e. The van der Waals surface area contributed by atoms with Crippen LogP contribution in [-0.4, -0.2) is 50.1 Å². The van der Waals surface area contributed by atoms with Crippen molar-refractivity contribution in [2.75, 3.05) is 45.0 Å². The van der Waals surface area contributed by atoms with Crippen LogP contribution in [0.1, 0.15) is 11.1 Å². The third-order valence-corrected chi connectivity index (χ3v) is 7.98. The van der Waals surface area contributed by atoms with Gasteiger partial charge in [0.1, 0.15) is 5.82 Å². The molecular formula is C30H29ClFN3O4. The summed E-state index contributed by atoms with van der Waals surface area (Å²) in [5.74, 6) is 2.01. The Morgan fingerprint density at radius 3 is 2.54 bits per heavy atom. The highest BCUT2D eigenvalue weighted by atomic mass is 35.5. The predicted molar refractivity (Wildman–Crippen MR) is 142 cm³/mol. The average molecular weight is 550 g/mol. The number of anilines is 1. The summed E-state index contributed by atoms with van der Waals surface area (Å²) in [7, 11) is 1.59. The normalized spacial score (nSPS) is 16.0. The van der Waals surface area contributed by atoms with Crippen LogP contribution in [0.4, 0.5) is 10.1 Å². The molecule has 0 saturated carbocycles. The molecule has 0 spiro atoms. The SMILES string of the molecule is COc1cc(CN2CCN(c3ccccc3F)CC2)c2cc3[n+](cc2c1O)CCc1cc2c(cc1-3)OCO2.[Cl-]. The van der Waals surface area contributed by atoms with Crippen LogP contribution in [0.5, 0.6) is 23.0 Å². The molecule has 4 aromatic rings. The van der Waals surface area contributed by atoms with Crippen molar-refractivity contribution in [1.82, 2.24) is 4.90 Å². The molecule has 7 rings (SSSR count). The molecule has 1 aromatic heterocycles. The van der Waals surface area contributed by atoms with Crippen LogP contribution >= 0.6 is 0 Å². The molecule has 0 aliphatic carbocycles. The number of phenols is 1. The Hall–Kier alpha value is -3.75. The van der Waals surface area contributed by atoms with Gasteiger partial charge in [0.15, 0.2) is 35.7 Å². The van der Waals surface area contributed by atoms with Crippen LogP contribution in [0.2, 0.25) is 0 Å². The Morgan fingerprint density at radius 2 is 1.77 bits per heavy atom. The van der Waals surface area contributed by atoms with Crippen molar-refractivity contribution < 1.29 is 40.7 Å². The second kappa shape index (κ2) is 10.1. The summed E-state index contributed by atoms with van der Waals surface area (Å²) in [6, 6.07) is 15.2. The number of phenolic OH excluding ortho intramolecular Hbond substituents is 1. The van der Waals surface area contributed by atoms with Crippen molar-refractivity contribution in [2.45, 2.75) is 19.5 Å². The highest BCUT2D eigenvalue weighted by Crippen LogP contribution is 2.42. The van der Waals surface area contributed by atoms with Crippen LogP contribution < -0.4 is 36.1 Å². The van der Waals surface area contributed by atoms with Crippen LogP contribution in [0.25, 0.3) is 22.0 Å². The molecule has 3 aliphatic rings. The molecule has 9 heteroatoms. The molecule has 3 aliphatic heterocycles. The van der Waals surface area contributed by atoms with Crippen LogP contribution in [0.15, 0.2) is 54.7 Å². The zero-order chi connectivity index (χ0) is 25.8. The number of aromatic hydroxyl groups is 1. The lowest BCUT2D eigenvalue weighted by Crippen LogP contribution is -3.00. The van der Waals surface area contributed by atoms with Gasteiger partial charge < -0.3 is 36.6 Å². The minimum Gasteiger partial charge on any atom is -1.00 e.